The van der Waals surface area contributed by atoms with Crippen LogP contribution in [0.2, 0.25) is 0 Å². The van der Waals surface area contributed by atoms with E-state index in [9.17, 15) is 4.79 Å². The molecule has 0 bridgehead atoms. The number of benzene rings is 1. The van der Waals surface area contributed by atoms with Gasteiger partial charge >= 0.3 is 0 Å². The SMILES string of the molecule is C=CCn1c(SCC(=O)/C=C2\N(C)c3ccccc3C2(C)C)nnc1-c1ccoc1C. The summed E-state index contributed by atoms with van der Waals surface area (Å²) in [6.45, 7) is 10.6. The highest BCUT2D eigenvalue weighted by Crippen LogP contribution is 2.46. The first kappa shape index (κ1) is 21.2. The van der Waals surface area contributed by atoms with Crippen LogP contribution in [0.3, 0.4) is 0 Å². The van der Waals surface area contributed by atoms with Crippen molar-refractivity contribution < 1.29 is 9.21 Å². The van der Waals surface area contributed by atoms with Crippen molar-refractivity contribution in [2.45, 2.75) is 37.9 Å². The van der Waals surface area contributed by atoms with Gasteiger partial charge in [0.05, 0.1) is 17.6 Å². The number of furan rings is 1. The first-order valence-electron chi connectivity index (χ1n) is 10.1. The number of para-hydroxylation sites is 1. The number of hydrogen-bond donors (Lipinski definition) is 0. The summed E-state index contributed by atoms with van der Waals surface area (Å²) in [4.78, 5) is 15.0. The summed E-state index contributed by atoms with van der Waals surface area (Å²) < 4.78 is 7.37. The third-order valence-electron chi connectivity index (χ3n) is 5.71. The highest BCUT2D eigenvalue weighted by molar-refractivity contribution is 7.99. The average molecular weight is 435 g/mol. The number of nitrogens with zero attached hydrogens (tertiary/aromatic N) is 4. The zero-order valence-corrected chi connectivity index (χ0v) is 19.1. The number of carbonyl (C=O) groups excluding carboxylic acids is 1. The van der Waals surface area contributed by atoms with Crippen molar-refractivity contribution >= 4 is 23.2 Å². The van der Waals surface area contributed by atoms with Gasteiger partial charge in [-0.3, -0.25) is 9.36 Å². The van der Waals surface area contributed by atoms with Gasteiger partial charge in [0, 0.05) is 36.5 Å². The number of allylic oxidation sites excluding steroid dienone is 3. The van der Waals surface area contributed by atoms with E-state index in [1.165, 1.54) is 17.3 Å². The lowest BCUT2D eigenvalue weighted by atomic mass is 9.83. The largest absolute Gasteiger partial charge is 0.469 e. The second kappa shape index (κ2) is 8.23. The van der Waals surface area contributed by atoms with Crippen molar-refractivity contribution in [3.63, 3.8) is 0 Å². The van der Waals surface area contributed by atoms with Gasteiger partial charge in [-0.2, -0.15) is 0 Å². The number of anilines is 1. The summed E-state index contributed by atoms with van der Waals surface area (Å²) in [7, 11) is 2.01. The molecule has 3 heterocycles. The third-order valence-corrected chi connectivity index (χ3v) is 6.70. The molecule has 0 saturated heterocycles. The number of carbonyl (C=O) groups is 1. The number of rotatable bonds is 7. The Hall–Kier alpha value is -3.06. The smallest absolute Gasteiger partial charge is 0.192 e. The molecule has 6 nitrogen and oxygen atoms in total. The van der Waals surface area contributed by atoms with Crippen LogP contribution in [0, 0.1) is 6.92 Å². The second-order valence-electron chi connectivity index (χ2n) is 8.08. The van der Waals surface area contributed by atoms with Gasteiger partial charge in [0.15, 0.2) is 16.8 Å². The fourth-order valence-electron chi connectivity index (χ4n) is 4.09. The van der Waals surface area contributed by atoms with Crippen LogP contribution in [-0.4, -0.2) is 33.3 Å². The fourth-order valence-corrected chi connectivity index (χ4v) is 4.86. The number of fused-ring (bicyclic) bond motifs is 1. The normalized spacial score (nSPS) is 16.0. The minimum absolute atomic E-state index is 0.0434. The Bertz CT molecular complexity index is 1170. The highest BCUT2D eigenvalue weighted by Gasteiger charge is 2.38. The number of likely N-dealkylation sites (N-methyl/N-ethyl adjacent to an activating group) is 1. The number of aromatic nitrogens is 3. The molecule has 1 aromatic carbocycles. The lowest BCUT2D eigenvalue weighted by molar-refractivity contribution is -0.112. The molecule has 0 N–H and O–H groups in total. The fraction of sp³-hybridized carbons (Fsp3) is 0.292. The van der Waals surface area contributed by atoms with E-state index in [1.807, 2.05) is 36.7 Å². The van der Waals surface area contributed by atoms with Gasteiger partial charge in [0.25, 0.3) is 0 Å². The van der Waals surface area contributed by atoms with E-state index in [0.29, 0.717) is 17.5 Å². The van der Waals surface area contributed by atoms with Crippen molar-refractivity contribution in [3.05, 3.63) is 72.3 Å². The van der Waals surface area contributed by atoms with E-state index in [-0.39, 0.29) is 17.0 Å². The quantitative estimate of drug-likeness (QED) is 0.296. The van der Waals surface area contributed by atoms with Crippen molar-refractivity contribution in [1.82, 2.24) is 14.8 Å². The number of hydrogen-bond acceptors (Lipinski definition) is 6. The molecule has 0 radical (unpaired) electrons. The number of thioether (sulfide) groups is 1. The lowest BCUT2D eigenvalue weighted by Crippen LogP contribution is -2.24. The van der Waals surface area contributed by atoms with Crippen LogP contribution in [-0.2, 0) is 16.8 Å². The summed E-state index contributed by atoms with van der Waals surface area (Å²) in [5, 5.41) is 9.33. The monoisotopic (exact) mass is 434 g/mol. The van der Waals surface area contributed by atoms with Crippen molar-refractivity contribution in [2.75, 3.05) is 17.7 Å². The third kappa shape index (κ3) is 3.74. The van der Waals surface area contributed by atoms with Crippen LogP contribution < -0.4 is 4.90 Å². The Labute approximate surface area is 186 Å². The van der Waals surface area contributed by atoms with E-state index >= 15 is 0 Å². The van der Waals surface area contributed by atoms with Crippen LogP contribution >= 0.6 is 11.8 Å². The molecule has 31 heavy (non-hydrogen) atoms. The first-order valence-corrected chi connectivity index (χ1v) is 11.1. The highest BCUT2D eigenvalue weighted by atomic mass is 32.2. The van der Waals surface area contributed by atoms with Gasteiger partial charge in [0.1, 0.15) is 5.76 Å². The van der Waals surface area contributed by atoms with E-state index in [2.05, 4.69) is 47.7 Å². The minimum Gasteiger partial charge on any atom is -0.469 e. The Balaban J connectivity index is 1.54. The van der Waals surface area contributed by atoms with Gasteiger partial charge in [0.2, 0.25) is 0 Å². The maximum absolute atomic E-state index is 12.9. The Morgan fingerprint density at radius 2 is 2.03 bits per heavy atom. The number of aryl methyl sites for hydroxylation is 1. The van der Waals surface area contributed by atoms with E-state index in [4.69, 9.17) is 4.42 Å². The van der Waals surface area contributed by atoms with Gasteiger partial charge in [-0.15, -0.1) is 16.8 Å². The summed E-state index contributed by atoms with van der Waals surface area (Å²) in [5.74, 6) is 1.82. The van der Waals surface area contributed by atoms with Crippen LogP contribution in [0.25, 0.3) is 11.4 Å². The van der Waals surface area contributed by atoms with Gasteiger partial charge in [-0.1, -0.05) is 49.9 Å². The molecule has 0 fully saturated rings. The molecule has 0 amide bonds. The zero-order chi connectivity index (χ0) is 22.2. The second-order valence-corrected chi connectivity index (χ2v) is 9.02. The summed E-state index contributed by atoms with van der Waals surface area (Å²) in [5.41, 5.74) is 4.05. The Kier molecular flexibility index (Phi) is 5.62. The summed E-state index contributed by atoms with van der Waals surface area (Å²) in [6, 6.07) is 10.2. The zero-order valence-electron chi connectivity index (χ0n) is 18.3. The minimum atomic E-state index is -0.222. The van der Waals surface area contributed by atoms with Crippen molar-refractivity contribution in [2.24, 2.45) is 0 Å². The average Bonchev–Trinajstić information content (AvgIpc) is 3.39. The van der Waals surface area contributed by atoms with Crippen LogP contribution in [0.5, 0.6) is 0 Å². The van der Waals surface area contributed by atoms with Crippen molar-refractivity contribution in [3.8, 4) is 11.4 Å². The molecule has 0 unspecified atom stereocenters. The molecule has 1 aliphatic heterocycles. The van der Waals surface area contributed by atoms with E-state index < -0.39 is 0 Å². The van der Waals surface area contributed by atoms with E-state index in [1.54, 1.807) is 18.4 Å². The summed E-state index contributed by atoms with van der Waals surface area (Å²) in [6.07, 6.45) is 5.20. The Morgan fingerprint density at radius 3 is 2.71 bits per heavy atom. The predicted octanol–water partition coefficient (Wildman–Crippen LogP) is 5.01. The molecule has 1 aliphatic rings. The molecule has 0 atom stereocenters. The van der Waals surface area contributed by atoms with Crippen LogP contribution in [0.1, 0.15) is 25.2 Å². The van der Waals surface area contributed by atoms with Crippen LogP contribution in [0.4, 0.5) is 5.69 Å². The molecular weight excluding hydrogens is 408 g/mol. The predicted molar refractivity (Wildman–Crippen MR) is 124 cm³/mol. The molecule has 4 rings (SSSR count). The lowest BCUT2D eigenvalue weighted by Gasteiger charge is -2.23. The summed E-state index contributed by atoms with van der Waals surface area (Å²) >= 11 is 1.39. The molecule has 0 aliphatic carbocycles. The molecule has 3 aromatic rings. The molecule has 0 saturated carbocycles. The standard InChI is InChI=1S/C24H26N4O2S/c1-6-12-28-22(18-11-13-30-16(18)2)25-26-23(28)31-15-17(29)14-21-24(3,4)19-9-7-8-10-20(19)27(21)5/h6-11,13-14H,1,12,15H2,2-5H3/b21-14-. The number of ketones is 1. The molecule has 7 heteroatoms. The molecule has 2 aromatic heterocycles. The van der Waals surface area contributed by atoms with Gasteiger partial charge < -0.3 is 9.32 Å². The maximum Gasteiger partial charge on any atom is 0.192 e. The molecule has 160 valence electrons. The van der Waals surface area contributed by atoms with Crippen LogP contribution in [0.15, 0.2) is 70.6 Å². The Morgan fingerprint density at radius 1 is 1.26 bits per heavy atom. The maximum atomic E-state index is 12.9. The molecule has 0 spiro atoms. The van der Waals surface area contributed by atoms with Crippen molar-refractivity contribution in [1.29, 1.82) is 0 Å². The van der Waals surface area contributed by atoms with Gasteiger partial charge in [-0.25, -0.2) is 0 Å². The topological polar surface area (TPSA) is 64.2 Å². The molecular formula is C24H26N4O2S. The van der Waals surface area contributed by atoms with E-state index in [0.717, 1.165) is 22.7 Å². The first-order chi connectivity index (χ1) is 14.8. The van der Waals surface area contributed by atoms with Gasteiger partial charge in [-0.05, 0) is 24.6 Å².